The highest BCUT2D eigenvalue weighted by atomic mass is 32.2. The van der Waals surface area contributed by atoms with Crippen molar-refractivity contribution in [1.82, 2.24) is 15.8 Å². The van der Waals surface area contributed by atoms with Gasteiger partial charge >= 0.3 is 0 Å². The van der Waals surface area contributed by atoms with Crippen LogP contribution < -0.4 is 15.6 Å². The first kappa shape index (κ1) is 22.3. The number of hydrogen-bond acceptors (Lipinski definition) is 5. The van der Waals surface area contributed by atoms with Gasteiger partial charge in [-0.3, -0.25) is 20.4 Å². The summed E-state index contributed by atoms with van der Waals surface area (Å²) in [6.07, 6.45) is 0.582. The summed E-state index contributed by atoms with van der Waals surface area (Å²) in [5, 5.41) is 0.508. The number of pyridine rings is 1. The molecule has 1 unspecified atom stereocenters. The predicted molar refractivity (Wildman–Crippen MR) is 116 cm³/mol. The van der Waals surface area contributed by atoms with E-state index in [4.69, 9.17) is 4.74 Å². The fraction of sp³-hybridized carbons (Fsp3) is 0.174. The number of nitrogens with one attached hydrogen (secondary N) is 2. The van der Waals surface area contributed by atoms with Gasteiger partial charge < -0.3 is 4.74 Å². The molecule has 0 aliphatic carbocycles. The van der Waals surface area contributed by atoms with E-state index in [0.717, 1.165) is 10.5 Å². The predicted octanol–water partition coefficient (Wildman–Crippen LogP) is 4.22. The molecule has 0 saturated heterocycles. The van der Waals surface area contributed by atoms with Crippen molar-refractivity contribution in [2.45, 2.75) is 36.8 Å². The van der Waals surface area contributed by atoms with Crippen LogP contribution in [0.15, 0.2) is 70.7 Å². The number of carbonyl (C=O) groups excluding carboxylic acids is 2. The number of halogens is 1. The third-order valence-corrected chi connectivity index (χ3v) is 5.53. The quantitative estimate of drug-likeness (QED) is 0.562. The molecular weight excluding hydrogens is 417 g/mol. The lowest BCUT2D eigenvalue weighted by Crippen LogP contribution is -2.47. The molecule has 2 N–H and O–H groups in total. The molecule has 0 saturated carbocycles. The third-order valence-electron chi connectivity index (χ3n) is 4.52. The maximum absolute atomic E-state index is 13.7. The Morgan fingerprint density at radius 2 is 1.81 bits per heavy atom. The Labute approximate surface area is 184 Å². The number of para-hydroxylation sites is 1. The summed E-state index contributed by atoms with van der Waals surface area (Å²) in [4.78, 5) is 30.1. The van der Waals surface area contributed by atoms with Gasteiger partial charge in [0.15, 0.2) is 17.7 Å². The minimum atomic E-state index is -1.02. The minimum Gasteiger partial charge on any atom is -0.478 e. The molecule has 8 heteroatoms. The average molecular weight is 440 g/mol. The molecule has 1 heterocycles. The van der Waals surface area contributed by atoms with Crippen LogP contribution in [0, 0.1) is 19.7 Å². The zero-order valence-corrected chi connectivity index (χ0v) is 18.1. The van der Waals surface area contributed by atoms with E-state index < -0.39 is 23.7 Å². The van der Waals surface area contributed by atoms with E-state index >= 15 is 0 Å². The standard InChI is InChI=1S/C23H22FN3O3S/c1-14-10-11-17(13-15(14)2)31-23-18(7-6-12-25-23)22(29)27-26-21(28)16(3)30-20-9-5-4-8-19(20)24/h4-13,16H,1-3H3,(H,26,28)(H,27,29). The summed E-state index contributed by atoms with van der Waals surface area (Å²) >= 11 is 1.36. The number of benzene rings is 2. The number of aryl methyl sites for hydroxylation is 2. The first-order chi connectivity index (χ1) is 14.8. The third kappa shape index (κ3) is 5.82. The minimum absolute atomic E-state index is 0.0455. The van der Waals surface area contributed by atoms with E-state index in [1.165, 1.54) is 42.4 Å². The molecule has 2 amide bonds. The molecule has 6 nitrogen and oxygen atoms in total. The summed E-state index contributed by atoms with van der Waals surface area (Å²) in [5.41, 5.74) is 7.30. The Kier molecular flexibility index (Phi) is 7.25. The summed E-state index contributed by atoms with van der Waals surface area (Å²) in [6.45, 7) is 5.51. The highest BCUT2D eigenvalue weighted by Gasteiger charge is 2.19. The second-order valence-electron chi connectivity index (χ2n) is 6.84. The molecule has 2 aromatic carbocycles. The lowest BCUT2D eigenvalue weighted by atomic mass is 10.1. The summed E-state index contributed by atoms with van der Waals surface area (Å²) in [6, 6.07) is 15.0. The van der Waals surface area contributed by atoms with Crippen molar-refractivity contribution in [2.75, 3.05) is 0 Å². The highest BCUT2D eigenvalue weighted by molar-refractivity contribution is 7.99. The molecule has 1 atom stereocenters. The van der Waals surface area contributed by atoms with Crippen molar-refractivity contribution < 1.29 is 18.7 Å². The number of aromatic nitrogens is 1. The van der Waals surface area contributed by atoms with Gasteiger partial charge in [-0.15, -0.1) is 0 Å². The molecule has 0 aliphatic rings. The van der Waals surface area contributed by atoms with Crippen molar-refractivity contribution in [3.63, 3.8) is 0 Å². The molecule has 0 aliphatic heterocycles. The molecule has 1 aromatic heterocycles. The number of rotatable bonds is 6. The van der Waals surface area contributed by atoms with E-state index in [1.54, 1.807) is 24.4 Å². The Morgan fingerprint density at radius 1 is 1.03 bits per heavy atom. The van der Waals surface area contributed by atoms with E-state index in [0.29, 0.717) is 10.6 Å². The zero-order chi connectivity index (χ0) is 22.4. The SMILES string of the molecule is Cc1ccc(Sc2ncccc2C(=O)NNC(=O)C(C)Oc2ccccc2F)cc1C. The van der Waals surface area contributed by atoms with Crippen LogP contribution in [0.1, 0.15) is 28.4 Å². The Morgan fingerprint density at radius 3 is 2.55 bits per heavy atom. The Balaban J connectivity index is 1.63. The largest absolute Gasteiger partial charge is 0.478 e. The Bertz CT molecular complexity index is 1110. The van der Waals surface area contributed by atoms with Gasteiger partial charge in [-0.1, -0.05) is 30.0 Å². The Hall–Kier alpha value is -3.39. The van der Waals surface area contributed by atoms with Crippen molar-refractivity contribution >= 4 is 23.6 Å². The van der Waals surface area contributed by atoms with Crippen molar-refractivity contribution in [3.8, 4) is 5.75 Å². The molecular formula is C23H22FN3O3S. The first-order valence-electron chi connectivity index (χ1n) is 9.56. The highest BCUT2D eigenvalue weighted by Crippen LogP contribution is 2.29. The molecule has 0 bridgehead atoms. The van der Waals surface area contributed by atoms with Gasteiger partial charge in [0.1, 0.15) is 5.03 Å². The maximum atomic E-state index is 13.7. The summed E-state index contributed by atoms with van der Waals surface area (Å²) in [7, 11) is 0. The van der Waals surface area contributed by atoms with Crippen LogP contribution in [0.4, 0.5) is 4.39 Å². The lowest BCUT2D eigenvalue weighted by Gasteiger charge is -2.16. The number of carbonyl (C=O) groups is 2. The van der Waals surface area contributed by atoms with Crippen LogP contribution in [-0.2, 0) is 4.79 Å². The summed E-state index contributed by atoms with van der Waals surface area (Å²) in [5.74, 6) is -1.76. The second kappa shape index (κ2) is 10.1. The van der Waals surface area contributed by atoms with Crippen molar-refractivity contribution in [3.05, 3.63) is 83.3 Å². The molecule has 3 rings (SSSR count). The number of nitrogens with zero attached hydrogens (tertiary/aromatic N) is 1. The van der Waals surface area contributed by atoms with Crippen LogP contribution in [-0.4, -0.2) is 22.9 Å². The van der Waals surface area contributed by atoms with E-state index in [9.17, 15) is 14.0 Å². The van der Waals surface area contributed by atoms with E-state index in [1.807, 2.05) is 32.0 Å². The molecule has 31 heavy (non-hydrogen) atoms. The van der Waals surface area contributed by atoms with Gasteiger partial charge in [-0.05, 0) is 68.3 Å². The van der Waals surface area contributed by atoms with Crippen molar-refractivity contribution in [2.24, 2.45) is 0 Å². The fourth-order valence-electron chi connectivity index (χ4n) is 2.61. The second-order valence-corrected chi connectivity index (χ2v) is 7.90. The molecule has 0 fully saturated rings. The van der Waals surface area contributed by atoms with Gasteiger partial charge in [0, 0.05) is 11.1 Å². The molecule has 0 radical (unpaired) electrons. The molecule has 160 valence electrons. The lowest BCUT2D eigenvalue weighted by molar-refractivity contribution is -0.128. The van der Waals surface area contributed by atoms with Gasteiger partial charge in [0.25, 0.3) is 11.8 Å². The van der Waals surface area contributed by atoms with Crippen LogP contribution in [0.5, 0.6) is 5.75 Å². The van der Waals surface area contributed by atoms with Gasteiger partial charge in [-0.25, -0.2) is 9.37 Å². The monoisotopic (exact) mass is 439 g/mol. The van der Waals surface area contributed by atoms with Crippen LogP contribution in [0.3, 0.4) is 0 Å². The van der Waals surface area contributed by atoms with Gasteiger partial charge in [0.05, 0.1) is 5.56 Å². The van der Waals surface area contributed by atoms with E-state index in [2.05, 4.69) is 15.8 Å². The van der Waals surface area contributed by atoms with Crippen LogP contribution in [0.2, 0.25) is 0 Å². The zero-order valence-electron chi connectivity index (χ0n) is 17.3. The average Bonchev–Trinajstić information content (AvgIpc) is 2.76. The number of hydrazine groups is 1. The van der Waals surface area contributed by atoms with Crippen LogP contribution >= 0.6 is 11.8 Å². The van der Waals surface area contributed by atoms with Crippen LogP contribution in [0.25, 0.3) is 0 Å². The molecule has 0 spiro atoms. The van der Waals surface area contributed by atoms with E-state index in [-0.39, 0.29) is 5.75 Å². The smallest absolute Gasteiger partial charge is 0.279 e. The van der Waals surface area contributed by atoms with Crippen molar-refractivity contribution in [1.29, 1.82) is 0 Å². The van der Waals surface area contributed by atoms with Gasteiger partial charge in [0.2, 0.25) is 0 Å². The normalized spacial score (nSPS) is 11.5. The number of amides is 2. The number of hydrogen-bond donors (Lipinski definition) is 2. The number of ether oxygens (including phenoxy) is 1. The first-order valence-corrected chi connectivity index (χ1v) is 10.4. The van der Waals surface area contributed by atoms with Gasteiger partial charge in [-0.2, -0.15) is 0 Å². The summed E-state index contributed by atoms with van der Waals surface area (Å²) < 4.78 is 19.0. The maximum Gasteiger partial charge on any atom is 0.279 e. The molecule has 3 aromatic rings. The fourth-order valence-corrected chi connectivity index (χ4v) is 3.58. The topological polar surface area (TPSA) is 80.3 Å².